The quantitative estimate of drug-likeness (QED) is 0.207. The molecule has 16 rings (SSSR count). The average Bonchev–Trinajstić information content (AvgIpc) is 3.03. The van der Waals surface area contributed by atoms with Gasteiger partial charge in [-0.1, -0.05) is 54.2 Å². The van der Waals surface area contributed by atoms with E-state index in [-0.39, 0.29) is 24.4 Å². The summed E-state index contributed by atoms with van der Waals surface area (Å²) in [6.45, 7) is 1.32. The second-order valence-corrected chi connectivity index (χ2v) is 24.4. The van der Waals surface area contributed by atoms with Gasteiger partial charge in [-0.3, -0.25) is 0 Å². The molecule has 0 aromatic carbocycles. The van der Waals surface area contributed by atoms with Crippen LogP contribution in [0.25, 0.3) is 0 Å². The van der Waals surface area contributed by atoms with E-state index < -0.39 is 0 Å². The number of halogens is 2. The molecule has 276 valence electrons. The molecule has 50 heavy (non-hydrogen) atoms. The molecule has 16 bridgehead atoms. The first-order valence-electron chi connectivity index (χ1n) is 21.5. The van der Waals surface area contributed by atoms with E-state index in [1.807, 2.05) is 22.3 Å². The highest BCUT2D eigenvalue weighted by atomic mass is 79.9. The lowest BCUT2D eigenvalue weighted by atomic mass is 9.46. The molecule has 0 aromatic rings. The van der Waals surface area contributed by atoms with E-state index in [1.54, 1.807) is 0 Å². The van der Waals surface area contributed by atoms with E-state index in [0.29, 0.717) is 21.9 Å². The summed E-state index contributed by atoms with van der Waals surface area (Å²) in [6.07, 6.45) is 27.7. The predicted molar refractivity (Wildman–Crippen MR) is 203 cm³/mol. The fourth-order valence-corrected chi connectivity index (χ4v) is 20.1. The van der Waals surface area contributed by atoms with E-state index >= 15 is 0 Å². The van der Waals surface area contributed by atoms with Gasteiger partial charge in [0.05, 0.1) is 37.6 Å². The number of allylic oxidation sites excluding steroid dienone is 4. The maximum Gasteiger partial charge on any atom is 0.0705 e. The van der Waals surface area contributed by atoms with Gasteiger partial charge in [0, 0.05) is 8.65 Å². The second kappa shape index (κ2) is 11.9. The number of aliphatic hydroxyl groups excluding tert-OH is 2. The van der Waals surface area contributed by atoms with Gasteiger partial charge in [-0.2, -0.15) is 0 Å². The molecule has 6 heteroatoms. The Labute approximate surface area is 318 Å². The molecule has 16 aliphatic carbocycles. The normalized spacial score (nSPS) is 55.4. The molecule has 0 aliphatic heterocycles. The Balaban J connectivity index is 0.000000123. The molecule has 0 heterocycles. The van der Waals surface area contributed by atoms with Crippen molar-refractivity contribution in [3.05, 3.63) is 22.3 Å². The van der Waals surface area contributed by atoms with E-state index in [1.165, 1.54) is 128 Å². The molecule has 16 saturated carbocycles. The van der Waals surface area contributed by atoms with Crippen molar-refractivity contribution in [2.24, 2.45) is 71.0 Å². The molecule has 16 fully saturated rings. The van der Waals surface area contributed by atoms with Gasteiger partial charge < -0.3 is 19.7 Å². The van der Waals surface area contributed by atoms with Gasteiger partial charge in [-0.25, -0.2) is 0 Å². The van der Waals surface area contributed by atoms with E-state index in [2.05, 4.69) is 31.9 Å². The van der Waals surface area contributed by atoms with Crippen LogP contribution in [0.4, 0.5) is 0 Å². The van der Waals surface area contributed by atoms with Crippen molar-refractivity contribution in [3.63, 3.8) is 0 Å². The van der Waals surface area contributed by atoms with Crippen molar-refractivity contribution in [1.29, 1.82) is 0 Å². The van der Waals surface area contributed by atoms with Crippen LogP contribution in [0, 0.1) is 71.0 Å². The zero-order chi connectivity index (χ0) is 33.6. The van der Waals surface area contributed by atoms with Crippen molar-refractivity contribution in [3.8, 4) is 0 Å². The first-order chi connectivity index (χ1) is 24.1. The lowest BCUT2D eigenvalue weighted by Crippen LogP contribution is -2.57. The highest BCUT2D eigenvalue weighted by Crippen LogP contribution is 2.69. The standard InChI is InChI=1S/C24H36O4.C20H26Br2/c25-1-3-27-23-9-15-5-17(11-23)21(18(6-15)12-23)22-19-7-16-8-20(22)14-24(10-16,13-19)28-4-2-26;21-19-5-11-1-13(7-19)17(14(2-11)8-19)18-15-3-12-4-16(18)10-20(22,6-12)9-15/h15-20,25-26H,1-14H2;11-16H,1-10H2. The summed E-state index contributed by atoms with van der Waals surface area (Å²) in [7, 11) is 0. The summed E-state index contributed by atoms with van der Waals surface area (Å²) in [5.74, 6) is 10.6. The molecule has 8 atom stereocenters. The summed E-state index contributed by atoms with van der Waals surface area (Å²) >= 11 is 8.33. The molecular weight excluding hydrogens is 752 g/mol. The highest BCUT2D eigenvalue weighted by molar-refractivity contribution is 9.10. The SMILES string of the molecule is BrC12CC3CC(C1)C(=C1C4CC5CC1CC(Br)(C5)C4)C(C3)C2.OCCOC12CC3CC(C1)C(=C1C4CC5CC1CC(OCCO)(C5)C4)C(C3)C2. The van der Waals surface area contributed by atoms with Crippen molar-refractivity contribution < 1.29 is 19.7 Å². The van der Waals surface area contributed by atoms with Crippen LogP contribution in [-0.4, -0.2) is 56.5 Å². The third-order valence-electron chi connectivity index (χ3n) is 17.7. The average molecular weight is 815 g/mol. The number of rotatable bonds is 6. The van der Waals surface area contributed by atoms with Crippen LogP contribution in [0.5, 0.6) is 0 Å². The maximum atomic E-state index is 9.29. The lowest BCUT2D eigenvalue weighted by molar-refractivity contribution is -0.158. The highest BCUT2D eigenvalue weighted by Gasteiger charge is 2.60. The fourth-order valence-electron chi connectivity index (χ4n) is 17.6. The summed E-state index contributed by atoms with van der Waals surface area (Å²) in [6, 6.07) is 0. The molecular formula is C44H62Br2O4. The molecule has 8 unspecified atom stereocenters. The third kappa shape index (κ3) is 5.33. The van der Waals surface area contributed by atoms with Crippen LogP contribution in [-0.2, 0) is 9.47 Å². The van der Waals surface area contributed by atoms with Gasteiger partial charge in [0.1, 0.15) is 0 Å². The zero-order valence-corrected chi connectivity index (χ0v) is 33.5. The Hall–Kier alpha value is 0.280. The molecule has 0 saturated heterocycles. The molecule has 0 radical (unpaired) electrons. The van der Waals surface area contributed by atoms with Crippen molar-refractivity contribution >= 4 is 31.9 Å². The maximum absolute atomic E-state index is 9.29. The third-order valence-corrected chi connectivity index (χ3v) is 19.6. The van der Waals surface area contributed by atoms with Gasteiger partial charge in [0.15, 0.2) is 0 Å². The minimum Gasteiger partial charge on any atom is -0.394 e. The monoisotopic (exact) mass is 812 g/mol. The van der Waals surface area contributed by atoms with Crippen molar-refractivity contribution in [2.75, 3.05) is 26.4 Å². The van der Waals surface area contributed by atoms with Gasteiger partial charge in [0.2, 0.25) is 0 Å². The largest absolute Gasteiger partial charge is 0.394 e. The smallest absolute Gasteiger partial charge is 0.0705 e. The van der Waals surface area contributed by atoms with Gasteiger partial charge >= 0.3 is 0 Å². The molecule has 0 spiro atoms. The van der Waals surface area contributed by atoms with Gasteiger partial charge in [-0.15, -0.1) is 0 Å². The first kappa shape index (κ1) is 33.6. The first-order valence-corrected chi connectivity index (χ1v) is 23.1. The molecule has 16 aliphatic rings. The van der Waals surface area contributed by atoms with Gasteiger partial charge in [0.25, 0.3) is 0 Å². The number of hydrogen-bond acceptors (Lipinski definition) is 4. The molecule has 4 nitrogen and oxygen atoms in total. The van der Waals surface area contributed by atoms with Crippen LogP contribution in [0.1, 0.15) is 128 Å². The van der Waals surface area contributed by atoms with Gasteiger partial charge in [-0.05, 0) is 199 Å². The summed E-state index contributed by atoms with van der Waals surface area (Å²) < 4.78 is 13.7. The Morgan fingerprint density at radius 1 is 0.400 bits per heavy atom. The lowest BCUT2D eigenvalue weighted by Gasteiger charge is -2.62. The van der Waals surface area contributed by atoms with Crippen LogP contribution in [0.2, 0.25) is 0 Å². The van der Waals surface area contributed by atoms with E-state index in [9.17, 15) is 10.2 Å². The Morgan fingerprint density at radius 3 is 0.920 bits per heavy atom. The minimum absolute atomic E-state index is 0.0701. The summed E-state index contributed by atoms with van der Waals surface area (Å²) in [5.41, 5.74) is 7.98. The van der Waals surface area contributed by atoms with E-state index in [0.717, 1.165) is 71.0 Å². The minimum atomic E-state index is 0.0701. The van der Waals surface area contributed by atoms with Crippen LogP contribution in [0.15, 0.2) is 22.3 Å². The number of alkyl halides is 2. The van der Waals surface area contributed by atoms with Crippen LogP contribution >= 0.6 is 31.9 Å². The fraction of sp³-hybridized carbons (Fsp3) is 0.909. The Bertz CT molecular complexity index is 1290. The van der Waals surface area contributed by atoms with Crippen molar-refractivity contribution in [1.82, 2.24) is 0 Å². The number of hydrogen-bond donors (Lipinski definition) is 2. The topological polar surface area (TPSA) is 58.9 Å². The Kier molecular flexibility index (Phi) is 7.99. The number of aliphatic hydroxyl groups is 2. The van der Waals surface area contributed by atoms with Crippen LogP contribution < -0.4 is 0 Å². The molecule has 2 N–H and O–H groups in total. The molecule has 0 amide bonds. The molecule has 0 aromatic heterocycles. The summed E-state index contributed by atoms with van der Waals surface area (Å²) in [4.78, 5) is 0. The van der Waals surface area contributed by atoms with Crippen LogP contribution in [0.3, 0.4) is 0 Å². The second-order valence-electron chi connectivity index (χ2n) is 21.0. The van der Waals surface area contributed by atoms with Crippen molar-refractivity contribution in [2.45, 2.75) is 148 Å². The van der Waals surface area contributed by atoms with E-state index in [4.69, 9.17) is 9.47 Å². The number of ether oxygens (including phenoxy) is 2. The Morgan fingerprint density at radius 2 is 0.660 bits per heavy atom. The predicted octanol–water partition coefficient (Wildman–Crippen LogP) is 9.69. The zero-order valence-electron chi connectivity index (χ0n) is 30.4. The summed E-state index contributed by atoms with van der Waals surface area (Å²) in [5, 5.41) is 18.6.